The minimum Gasteiger partial charge on any atom is -0.494 e. The van der Waals surface area contributed by atoms with Crippen molar-refractivity contribution in [3.8, 4) is 5.75 Å². The number of amides is 1. The molecule has 0 spiro atoms. The van der Waals surface area contributed by atoms with Gasteiger partial charge in [-0.3, -0.25) is 9.52 Å². The van der Waals surface area contributed by atoms with E-state index in [2.05, 4.69) is 10.0 Å². The summed E-state index contributed by atoms with van der Waals surface area (Å²) in [5.74, 6) is 0.482. The Labute approximate surface area is 177 Å². The Morgan fingerprint density at radius 3 is 2.33 bits per heavy atom. The Morgan fingerprint density at radius 2 is 1.67 bits per heavy atom. The molecule has 0 heterocycles. The molecular weight excluding hydrogens is 400 g/mol. The average Bonchev–Trinajstić information content (AvgIpc) is 2.75. The predicted molar refractivity (Wildman–Crippen MR) is 117 cm³/mol. The summed E-state index contributed by atoms with van der Waals surface area (Å²) in [6.45, 7) is 4.40. The monoisotopic (exact) mass is 424 g/mol. The van der Waals surface area contributed by atoms with Crippen molar-refractivity contribution < 1.29 is 17.9 Å². The van der Waals surface area contributed by atoms with E-state index in [-0.39, 0.29) is 16.8 Å². The maximum atomic E-state index is 12.7. The molecule has 0 bridgehead atoms. The third-order valence-electron chi connectivity index (χ3n) is 4.47. The Balaban J connectivity index is 1.70. The van der Waals surface area contributed by atoms with Crippen molar-refractivity contribution in [3.05, 3.63) is 90.0 Å². The molecule has 0 aliphatic carbocycles. The van der Waals surface area contributed by atoms with Gasteiger partial charge in [-0.1, -0.05) is 36.4 Å². The lowest BCUT2D eigenvalue weighted by atomic mass is 10.1. The average molecular weight is 425 g/mol. The summed E-state index contributed by atoms with van der Waals surface area (Å²) < 4.78 is 32.9. The van der Waals surface area contributed by atoms with E-state index in [4.69, 9.17) is 4.74 Å². The maximum absolute atomic E-state index is 12.7. The van der Waals surface area contributed by atoms with E-state index in [1.807, 2.05) is 38.1 Å². The standard InChI is InChI=1S/C23H24N2O4S/c1-3-29-21-14-12-18(13-15-21)17(2)24-23(26)19-8-7-9-20(16-19)25-30(27,28)22-10-5-4-6-11-22/h4-17,25H,3H2,1-2H3,(H,24,26)/t17-/m0/s1. The number of benzene rings is 3. The van der Waals surface area contributed by atoms with Gasteiger partial charge in [0.2, 0.25) is 0 Å². The van der Waals surface area contributed by atoms with Gasteiger partial charge in [-0.2, -0.15) is 0 Å². The number of hydrogen-bond donors (Lipinski definition) is 2. The normalized spacial score (nSPS) is 12.1. The highest BCUT2D eigenvalue weighted by Crippen LogP contribution is 2.20. The zero-order valence-electron chi connectivity index (χ0n) is 16.8. The second kappa shape index (κ2) is 9.45. The minimum absolute atomic E-state index is 0.156. The lowest BCUT2D eigenvalue weighted by molar-refractivity contribution is 0.0940. The number of ether oxygens (including phenoxy) is 1. The maximum Gasteiger partial charge on any atom is 0.261 e. The van der Waals surface area contributed by atoms with Crippen LogP contribution in [0, 0.1) is 0 Å². The summed E-state index contributed by atoms with van der Waals surface area (Å²) in [5, 5.41) is 2.93. The molecule has 7 heteroatoms. The van der Waals surface area contributed by atoms with Crippen molar-refractivity contribution in [2.75, 3.05) is 11.3 Å². The van der Waals surface area contributed by atoms with Crippen LogP contribution in [0.1, 0.15) is 35.8 Å². The van der Waals surface area contributed by atoms with Crippen LogP contribution in [0.2, 0.25) is 0 Å². The smallest absolute Gasteiger partial charge is 0.261 e. The molecule has 156 valence electrons. The first kappa shape index (κ1) is 21.4. The number of carbonyl (C=O) groups excluding carboxylic acids is 1. The molecule has 0 aliphatic heterocycles. The van der Waals surface area contributed by atoms with Gasteiger partial charge in [0.05, 0.1) is 17.5 Å². The summed E-state index contributed by atoms with van der Waals surface area (Å²) in [6.07, 6.45) is 0. The predicted octanol–water partition coefficient (Wildman–Crippen LogP) is 4.38. The van der Waals surface area contributed by atoms with Crippen molar-refractivity contribution >= 4 is 21.6 Å². The van der Waals surface area contributed by atoms with Crippen molar-refractivity contribution in [1.82, 2.24) is 5.32 Å². The van der Waals surface area contributed by atoms with Crippen LogP contribution in [-0.2, 0) is 10.0 Å². The highest BCUT2D eigenvalue weighted by atomic mass is 32.2. The number of carbonyl (C=O) groups is 1. The molecule has 0 aliphatic rings. The van der Waals surface area contributed by atoms with E-state index in [0.717, 1.165) is 11.3 Å². The molecule has 3 aromatic rings. The number of nitrogens with one attached hydrogen (secondary N) is 2. The second-order valence-corrected chi connectivity index (χ2v) is 8.38. The van der Waals surface area contributed by atoms with Gasteiger partial charge in [-0.05, 0) is 61.9 Å². The Bertz CT molecular complexity index is 1100. The van der Waals surface area contributed by atoms with Gasteiger partial charge in [-0.25, -0.2) is 8.42 Å². The van der Waals surface area contributed by atoms with Crippen LogP contribution in [0.15, 0.2) is 83.8 Å². The Hall–Kier alpha value is -3.32. The molecular formula is C23H24N2O4S. The van der Waals surface area contributed by atoms with Crippen molar-refractivity contribution in [2.24, 2.45) is 0 Å². The third-order valence-corrected chi connectivity index (χ3v) is 5.87. The third kappa shape index (κ3) is 5.39. The Morgan fingerprint density at radius 1 is 0.967 bits per heavy atom. The van der Waals surface area contributed by atoms with Crippen LogP contribution in [0.5, 0.6) is 5.75 Å². The van der Waals surface area contributed by atoms with Gasteiger partial charge < -0.3 is 10.1 Å². The fraction of sp³-hybridized carbons (Fsp3) is 0.174. The van der Waals surface area contributed by atoms with E-state index < -0.39 is 10.0 Å². The molecule has 3 aromatic carbocycles. The lowest BCUT2D eigenvalue weighted by Gasteiger charge is -2.16. The van der Waals surface area contributed by atoms with Crippen LogP contribution in [0.4, 0.5) is 5.69 Å². The van der Waals surface area contributed by atoms with Crippen LogP contribution in [0.25, 0.3) is 0 Å². The molecule has 30 heavy (non-hydrogen) atoms. The molecule has 6 nitrogen and oxygen atoms in total. The molecule has 3 rings (SSSR count). The lowest BCUT2D eigenvalue weighted by Crippen LogP contribution is -2.26. The van der Waals surface area contributed by atoms with Gasteiger partial charge >= 0.3 is 0 Å². The first-order valence-corrected chi connectivity index (χ1v) is 11.1. The molecule has 1 atom stereocenters. The van der Waals surface area contributed by atoms with Crippen molar-refractivity contribution in [1.29, 1.82) is 0 Å². The largest absolute Gasteiger partial charge is 0.494 e. The number of anilines is 1. The zero-order valence-corrected chi connectivity index (χ0v) is 17.6. The molecule has 2 N–H and O–H groups in total. The van der Waals surface area contributed by atoms with Gasteiger partial charge in [0.1, 0.15) is 5.75 Å². The van der Waals surface area contributed by atoms with Gasteiger partial charge in [0.15, 0.2) is 0 Å². The molecule has 0 unspecified atom stereocenters. The summed E-state index contributed by atoms with van der Waals surface area (Å²) in [6, 6.07) is 21.8. The summed E-state index contributed by atoms with van der Waals surface area (Å²) >= 11 is 0. The molecule has 1 amide bonds. The van der Waals surface area contributed by atoms with E-state index in [9.17, 15) is 13.2 Å². The quantitative estimate of drug-likeness (QED) is 0.562. The molecule has 0 fully saturated rings. The van der Waals surface area contributed by atoms with Gasteiger partial charge in [0, 0.05) is 11.3 Å². The number of hydrogen-bond acceptors (Lipinski definition) is 4. The van der Waals surface area contributed by atoms with Crippen LogP contribution >= 0.6 is 0 Å². The van der Waals surface area contributed by atoms with E-state index >= 15 is 0 Å². The molecule has 0 saturated heterocycles. The van der Waals surface area contributed by atoms with E-state index in [0.29, 0.717) is 17.9 Å². The SMILES string of the molecule is CCOc1ccc([C@H](C)NC(=O)c2cccc(NS(=O)(=O)c3ccccc3)c2)cc1. The number of sulfonamides is 1. The summed E-state index contributed by atoms with van der Waals surface area (Å²) in [4.78, 5) is 12.8. The topological polar surface area (TPSA) is 84.5 Å². The second-order valence-electron chi connectivity index (χ2n) is 6.70. The Kier molecular flexibility index (Phi) is 6.74. The zero-order chi connectivity index (χ0) is 21.6. The first-order valence-electron chi connectivity index (χ1n) is 9.60. The molecule has 0 aromatic heterocycles. The van der Waals surface area contributed by atoms with E-state index in [1.165, 1.54) is 18.2 Å². The fourth-order valence-electron chi connectivity index (χ4n) is 2.92. The van der Waals surface area contributed by atoms with Crippen LogP contribution in [0.3, 0.4) is 0 Å². The van der Waals surface area contributed by atoms with Crippen LogP contribution in [-0.4, -0.2) is 20.9 Å². The van der Waals surface area contributed by atoms with Crippen LogP contribution < -0.4 is 14.8 Å². The van der Waals surface area contributed by atoms with E-state index in [1.54, 1.807) is 36.4 Å². The highest BCUT2D eigenvalue weighted by Gasteiger charge is 2.16. The van der Waals surface area contributed by atoms with Gasteiger partial charge in [0.25, 0.3) is 15.9 Å². The first-order chi connectivity index (χ1) is 14.4. The summed E-state index contributed by atoms with van der Waals surface area (Å²) in [5.41, 5.74) is 1.62. The minimum atomic E-state index is -3.72. The van der Waals surface area contributed by atoms with Crippen molar-refractivity contribution in [2.45, 2.75) is 24.8 Å². The molecule has 0 radical (unpaired) electrons. The number of rotatable bonds is 8. The fourth-order valence-corrected chi connectivity index (χ4v) is 3.99. The van der Waals surface area contributed by atoms with Gasteiger partial charge in [-0.15, -0.1) is 0 Å². The molecule has 0 saturated carbocycles. The highest BCUT2D eigenvalue weighted by molar-refractivity contribution is 7.92. The summed E-state index contributed by atoms with van der Waals surface area (Å²) in [7, 11) is -3.72. The van der Waals surface area contributed by atoms with Crippen molar-refractivity contribution in [3.63, 3.8) is 0 Å².